The van der Waals surface area contributed by atoms with E-state index in [9.17, 15) is 9.59 Å². The van der Waals surface area contributed by atoms with E-state index in [0.717, 1.165) is 22.8 Å². The second kappa shape index (κ2) is 10.1. The molecule has 1 saturated heterocycles. The number of anilines is 3. The molecule has 33 heavy (non-hydrogen) atoms. The van der Waals surface area contributed by atoms with Crippen LogP contribution < -0.4 is 10.6 Å². The molecule has 9 nitrogen and oxygen atoms in total. The first-order valence-corrected chi connectivity index (χ1v) is 10.8. The van der Waals surface area contributed by atoms with Crippen LogP contribution in [0.15, 0.2) is 54.7 Å². The van der Waals surface area contributed by atoms with Gasteiger partial charge in [0.15, 0.2) is 0 Å². The minimum atomic E-state index is -0.585. The highest BCUT2D eigenvalue weighted by Gasteiger charge is 2.32. The van der Waals surface area contributed by atoms with E-state index in [4.69, 9.17) is 4.74 Å². The maximum Gasteiger partial charge on any atom is 0.411 e. The lowest BCUT2D eigenvalue weighted by Crippen LogP contribution is -2.30. The molecule has 170 valence electrons. The first-order chi connectivity index (χ1) is 15.9. The van der Waals surface area contributed by atoms with Crippen molar-refractivity contribution in [2.45, 2.75) is 32.8 Å². The number of aryl methyl sites for hydroxylation is 2. The molecule has 0 bridgehead atoms. The zero-order valence-corrected chi connectivity index (χ0v) is 18.6. The summed E-state index contributed by atoms with van der Waals surface area (Å²) in [4.78, 5) is 39.2. The summed E-state index contributed by atoms with van der Waals surface area (Å²) in [5.41, 5.74) is 4.07. The molecular formula is C24H26N6O3. The second-order valence-corrected chi connectivity index (χ2v) is 7.94. The van der Waals surface area contributed by atoms with Gasteiger partial charge in [-0.05, 0) is 56.3 Å². The summed E-state index contributed by atoms with van der Waals surface area (Å²) < 4.78 is 5.46. The van der Waals surface area contributed by atoms with Crippen LogP contribution in [0.5, 0.6) is 0 Å². The van der Waals surface area contributed by atoms with Crippen LogP contribution in [0, 0.1) is 13.8 Å². The number of likely N-dealkylation sites (tertiary alicyclic amines) is 1. The average Bonchev–Trinajstić information content (AvgIpc) is 3.12. The van der Waals surface area contributed by atoms with Crippen LogP contribution in [0.1, 0.15) is 23.5 Å². The SMILES string of the molecule is Cc1cc(C)nc(Nc2ccc(NC(=O)OC3CC(=O)N(CCc4ccccn4)C3)cc2)n1. The largest absolute Gasteiger partial charge is 0.444 e. The van der Waals surface area contributed by atoms with Crippen LogP contribution in [0.4, 0.5) is 22.1 Å². The number of amides is 2. The van der Waals surface area contributed by atoms with Gasteiger partial charge in [0.1, 0.15) is 6.10 Å². The Morgan fingerprint density at radius 3 is 2.52 bits per heavy atom. The molecule has 2 N–H and O–H groups in total. The van der Waals surface area contributed by atoms with Crippen molar-refractivity contribution >= 4 is 29.3 Å². The molecule has 0 spiro atoms. The van der Waals surface area contributed by atoms with E-state index in [1.54, 1.807) is 23.2 Å². The van der Waals surface area contributed by atoms with Crippen LogP contribution in [0.3, 0.4) is 0 Å². The number of carbonyl (C=O) groups is 2. The first kappa shape index (κ1) is 22.2. The van der Waals surface area contributed by atoms with Gasteiger partial charge in [0.2, 0.25) is 11.9 Å². The third kappa shape index (κ3) is 6.25. The first-order valence-electron chi connectivity index (χ1n) is 10.8. The molecule has 0 aliphatic carbocycles. The molecule has 1 aromatic carbocycles. The Bertz CT molecular complexity index is 1100. The Labute approximate surface area is 192 Å². The van der Waals surface area contributed by atoms with Gasteiger partial charge in [0.25, 0.3) is 0 Å². The summed E-state index contributed by atoms with van der Waals surface area (Å²) in [6.45, 7) is 4.76. The van der Waals surface area contributed by atoms with E-state index in [-0.39, 0.29) is 12.3 Å². The van der Waals surface area contributed by atoms with Crippen molar-refractivity contribution in [3.8, 4) is 0 Å². The van der Waals surface area contributed by atoms with E-state index in [0.29, 0.717) is 31.1 Å². The van der Waals surface area contributed by atoms with Crippen molar-refractivity contribution in [3.63, 3.8) is 0 Å². The number of hydrogen-bond donors (Lipinski definition) is 2. The highest BCUT2D eigenvalue weighted by atomic mass is 16.6. The van der Waals surface area contributed by atoms with Crippen molar-refractivity contribution in [2.24, 2.45) is 0 Å². The molecule has 2 aromatic heterocycles. The molecule has 1 unspecified atom stereocenters. The third-order valence-corrected chi connectivity index (χ3v) is 5.19. The third-order valence-electron chi connectivity index (χ3n) is 5.19. The number of pyridine rings is 1. The summed E-state index contributed by atoms with van der Waals surface area (Å²) >= 11 is 0. The summed E-state index contributed by atoms with van der Waals surface area (Å²) in [6.07, 6.45) is 1.53. The number of nitrogens with zero attached hydrogens (tertiary/aromatic N) is 4. The molecule has 1 atom stereocenters. The second-order valence-electron chi connectivity index (χ2n) is 7.94. The van der Waals surface area contributed by atoms with Crippen LogP contribution in [-0.4, -0.2) is 51.0 Å². The molecular weight excluding hydrogens is 420 g/mol. The summed E-state index contributed by atoms with van der Waals surface area (Å²) in [7, 11) is 0. The minimum absolute atomic E-state index is 0.0206. The van der Waals surface area contributed by atoms with Gasteiger partial charge in [-0.1, -0.05) is 6.07 Å². The fourth-order valence-corrected chi connectivity index (χ4v) is 3.67. The number of carbonyl (C=O) groups excluding carboxylic acids is 2. The Balaban J connectivity index is 1.25. The molecule has 4 rings (SSSR count). The normalized spacial score (nSPS) is 15.4. The zero-order valence-electron chi connectivity index (χ0n) is 18.6. The number of ether oxygens (including phenoxy) is 1. The summed E-state index contributed by atoms with van der Waals surface area (Å²) in [5.74, 6) is 0.499. The highest BCUT2D eigenvalue weighted by Crippen LogP contribution is 2.19. The van der Waals surface area contributed by atoms with E-state index in [1.807, 2.05) is 50.2 Å². The number of aromatic nitrogens is 3. The van der Waals surface area contributed by atoms with Crippen molar-refractivity contribution < 1.29 is 14.3 Å². The van der Waals surface area contributed by atoms with Crippen molar-refractivity contribution in [3.05, 3.63) is 71.8 Å². The van der Waals surface area contributed by atoms with E-state index < -0.39 is 12.2 Å². The van der Waals surface area contributed by atoms with Crippen LogP contribution in [0.25, 0.3) is 0 Å². The Kier molecular flexibility index (Phi) is 6.77. The molecule has 1 fully saturated rings. The van der Waals surface area contributed by atoms with Crippen LogP contribution in [0.2, 0.25) is 0 Å². The highest BCUT2D eigenvalue weighted by molar-refractivity contribution is 5.86. The molecule has 9 heteroatoms. The molecule has 2 amide bonds. The Morgan fingerprint density at radius 1 is 1.09 bits per heavy atom. The van der Waals surface area contributed by atoms with E-state index in [2.05, 4.69) is 25.6 Å². The van der Waals surface area contributed by atoms with Gasteiger partial charge in [-0.2, -0.15) is 0 Å². The van der Waals surface area contributed by atoms with Crippen molar-refractivity contribution in [1.29, 1.82) is 0 Å². The fraction of sp³-hybridized carbons (Fsp3) is 0.292. The smallest absolute Gasteiger partial charge is 0.411 e. The minimum Gasteiger partial charge on any atom is -0.444 e. The maximum absolute atomic E-state index is 12.3. The fourth-order valence-electron chi connectivity index (χ4n) is 3.67. The number of nitrogens with one attached hydrogen (secondary N) is 2. The van der Waals surface area contributed by atoms with Crippen molar-refractivity contribution in [1.82, 2.24) is 19.9 Å². The quantitative estimate of drug-likeness (QED) is 0.570. The van der Waals surface area contributed by atoms with Gasteiger partial charge >= 0.3 is 6.09 Å². The lowest BCUT2D eigenvalue weighted by molar-refractivity contribution is -0.127. The van der Waals surface area contributed by atoms with Gasteiger partial charge in [-0.3, -0.25) is 15.1 Å². The summed E-state index contributed by atoms with van der Waals surface area (Å²) in [6, 6.07) is 14.8. The van der Waals surface area contributed by atoms with Gasteiger partial charge in [-0.15, -0.1) is 0 Å². The Hall–Kier alpha value is -4.01. The van der Waals surface area contributed by atoms with Crippen molar-refractivity contribution in [2.75, 3.05) is 23.7 Å². The van der Waals surface area contributed by atoms with Gasteiger partial charge in [-0.25, -0.2) is 14.8 Å². The summed E-state index contributed by atoms with van der Waals surface area (Å²) in [5, 5.41) is 5.85. The molecule has 0 saturated carbocycles. The maximum atomic E-state index is 12.3. The molecule has 0 radical (unpaired) electrons. The number of hydrogen-bond acceptors (Lipinski definition) is 7. The van der Waals surface area contributed by atoms with Gasteiger partial charge < -0.3 is 15.0 Å². The lowest BCUT2D eigenvalue weighted by Gasteiger charge is -2.16. The van der Waals surface area contributed by atoms with Crippen LogP contribution in [-0.2, 0) is 16.0 Å². The molecule has 1 aliphatic heterocycles. The standard InChI is InChI=1S/C24H26N6O3/c1-16-13-17(2)27-23(26-16)28-19-6-8-20(9-7-19)29-24(32)33-21-14-22(31)30(15-21)12-10-18-5-3-4-11-25-18/h3-9,11,13,21H,10,12,14-15H2,1-2H3,(H,29,32)(H,26,27,28). The molecule has 3 aromatic rings. The van der Waals surface area contributed by atoms with E-state index >= 15 is 0 Å². The topological polar surface area (TPSA) is 109 Å². The molecule has 3 heterocycles. The lowest BCUT2D eigenvalue weighted by atomic mass is 10.2. The van der Waals surface area contributed by atoms with Gasteiger partial charge in [0, 0.05) is 47.6 Å². The average molecular weight is 447 g/mol. The number of benzene rings is 1. The predicted molar refractivity (Wildman–Crippen MR) is 124 cm³/mol. The zero-order chi connectivity index (χ0) is 23.2. The predicted octanol–water partition coefficient (Wildman–Crippen LogP) is 3.62. The molecule has 1 aliphatic rings. The van der Waals surface area contributed by atoms with E-state index in [1.165, 1.54) is 0 Å². The number of rotatable bonds is 7. The monoisotopic (exact) mass is 446 g/mol. The van der Waals surface area contributed by atoms with Gasteiger partial charge in [0.05, 0.1) is 13.0 Å². The van der Waals surface area contributed by atoms with Crippen LogP contribution >= 0.6 is 0 Å². The Morgan fingerprint density at radius 2 is 1.82 bits per heavy atom.